The monoisotopic (exact) mass is 338 g/mol. The average molecular weight is 338 g/mol. The quantitative estimate of drug-likeness (QED) is 0.444. The first kappa shape index (κ1) is 16.5. The van der Waals surface area contributed by atoms with Crippen LogP contribution < -0.4 is 0 Å². The summed E-state index contributed by atoms with van der Waals surface area (Å²) < 4.78 is 29.5. The molecule has 0 bridgehead atoms. The summed E-state index contributed by atoms with van der Waals surface area (Å²) in [6.45, 7) is 4.06. The van der Waals surface area contributed by atoms with Crippen LogP contribution in [0.15, 0.2) is 36.4 Å². The van der Waals surface area contributed by atoms with E-state index >= 15 is 4.39 Å². The number of hydrogen-bond acceptors (Lipinski definition) is 0. The first-order valence-electron chi connectivity index (χ1n) is 9.33. The van der Waals surface area contributed by atoms with Crippen molar-refractivity contribution < 1.29 is 8.78 Å². The fraction of sp³-hybridized carbons (Fsp3) is 0.391. The molecule has 0 radical (unpaired) electrons. The van der Waals surface area contributed by atoms with Crippen molar-refractivity contribution in [3.63, 3.8) is 0 Å². The molecule has 1 aliphatic rings. The van der Waals surface area contributed by atoms with E-state index in [0.29, 0.717) is 22.3 Å². The molecule has 0 saturated heterocycles. The molecule has 1 aliphatic carbocycles. The van der Waals surface area contributed by atoms with Gasteiger partial charge in [0.05, 0.1) is 0 Å². The fourth-order valence-electron chi connectivity index (χ4n) is 4.30. The SMILES string of the molecule is Cc1ccc2c(ccc3c(F)c(CC4CCC(C)CC4)ccc32)c1F. The number of aryl methyl sites for hydroxylation is 1. The van der Waals surface area contributed by atoms with E-state index in [1.54, 1.807) is 25.1 Å². The molecule has 0 spiro atoms. The lowest BCUT2D eigenvalue weighted by atomic mass is 9.80. The molecule has 0 aliphatic heterocycles. The Balaban J connectivity index is 1.75. The van der Waals surface area contributed by atoms with Gasteiger partial charge in [0.25, 0.3) is 0 Å². The highest BCUT2D eigenvalue weighted by atomic mass is 19.1. The lowest BCUT2D eigenvalue weighted by Crippen LogP contribution is -2.15. The number of hydrogen-bond donors (Lipinski definition) is 0. The van der Waals surface area contributed by atoms with Crippen LogP contribution in [-0.2, 0) is 6.42 Å². The van der Waals surface area contributed by atoms with Crippen LogP contribution in [0.3, 0.4) is 0 Å². The lowest BCUT2D eigenvalue weighted by Gasteiger charge is -2.26. The normalized spacial score (nSPS) is 21.1. The highest BCUT2D eigenvalue weighted by Gasteiger charge is 2.20. The summed E-state index contributed by atoms with van der Waals surface area (Å²) in [5.41, 5.74) is 1.43. The van der Waals surface area contributed by atoms with Gasteiger partial charge in [-0.25, -0.2) is 8.78 Å². The highest BCUT2D eigenvalue weighted by molar-refractivity contribution is 6.08. The summed E-state index contributed by atoms with van der Waals surface area (Å²) in [5.74, 6) is 1.06. The van der Waals surface area contributed by atoms with Gasteiger partial charge in [-0.2, -0.15) is 0 Å². The van der Waals surface area contributed by atoms with Crippen LogP contribution in [0, 0.1) is 30.4 Å². The first-order valence-corrected chi connectivity index (χ1v) is 9.33. The fourth-order valence-corrected chi connectivity index (χ4v) is 4.30. The van der Waals surface area contributed by atoms with Gasteiger partial charge in [0.2, 0.25) is 0 Å². The summed E-state index contributed by atoms with van der Waals surface area (Å²) in [5, 5.41) is 2.77. The number of halogens is 2. The van der Waals surface area contributed by atoms with Crippen molar-refractivity contribution in [2.75, 3.05) is 0 Å². The van der Waals surface area contributed by atoms with E-state index in [9.17, 15) is 4.39 Å². The van der Waals surface area contributed by atoms with Crippen LogP contribution >= 0.6 is 0 Å². The molecule has 2 heteroatoms. The van der Waals surface area contributed by atoms with Gasteiger partial charge in [0.1, 0.15) is 11.6 Å². The Morgan fingerprint density at radius 2 is 1.32 bits per heavy atom. The van der Waals surface area contributed by atoms with E-state index in [1.165, 1.54) is 25.7 Å². The minimum atomic E-state index is -0.208. The second-order valence-corrected chi connectivity index (χ2v) is 7.82. The minimum Gasteiger partial charge on any atom is -0.206 e. The second-order valence-electron chi connectivity index (χ2n) is 7.82. The van der Waals surface area contributed by atoms with Crippen molar-refractivity contribution in [2.24, 2.45) is 11.8 Å². The van der Waals surface area contributed by atoms with Gasteiger partial charge < -0.3 is 0 Å². The number of fused-ring (bicyclic) bond motifs is 3. The van der Waals surface area contributed by atoms with Crippen LogP contribution in [0.1, 0.15) is 43.7 Å². The Bertz CT molecular complexity index is 934. The zero-order chi connectivity index (χ0) is 17.6. The van der Waals surface area contributed by atoms with Crippen LogP contribution in [0.4, 0.5) is 8.78 Å². The molecule has 0 amide bonds. The van der Waals surface area contributed by atoms with Crippen molar-refractivity contribution in [1.82, 2.24) is 0 Å². The minimum absolute atomic E-state index is 0.126. The van der Waals surface area contributed by atoms with Gasteiger partial charge in [0.15, 0.2) is 0 Å². The third-order valence-corrected chi connectivity index (χ3v) is 5.98. The molecular weight excluding hydrogens is 314 g/mol. The van der Waals surface area contributed by atoms with Gasteiger partial charge in [-0.15, -0.1) is 0 Å². The van der Waals surface area contributed by atoms with Gasteiger partial charge >= 0.3 is 0 Å². The molecule has 25 heavy (non-hydrogen) atoms. The van der Waals surface area contributed by atoms with Crippen LogP contribution in [0.2, 0.25) is 0 Å². The molecule has 3 aromatic rings. The van der Waals surface area contributed by atoms with Gasteiger partial charge in [-0.05, 0) is 59.9 Å². The second kappa shape index (κ2) is 6.40. The molecule has 0 aromatic heterocycles. The van der Waals surface area contributed by atoms with Crippen molar-refractivity contribution in [1.29, 1.82) is 0 Å². The molecule has 0 atom stereocenters. The summed E-state index contributed by atoms with van der Waals surface area (Å²) in [6, 6.07) is 11.0. The molecule has 1 saturated carbocycles. The van der Waals surface area contributed by atoms with Gasteiger partial charge in [-0.3, -0.25) is 0 Å². The van der Waals surface area contributed by atoms with Crippen molar-refractivity contribution in [3.8, 4) is 0 Å². The largest absolute Gasteiger partial charge is 0.206 e. The molecule has 1 fully saturated rings. The average Bonchev–Trinajstić information content (AvgIpc) is 2.62. The van der Waals surface area contributed by atoms with Crippen molar-refractivity contribution >= 4 is 21.5 Å². The van der Waals surface area contributed by atoms with E-state index in [2.05, 4.69) is 6.92 Å². The molecule has 0 heterocycles. The topological polar surface area (TPSA) is 0 Å². The van der Waals surface area contributed by atoms with Crippen LogP contribution in [0.25, 0.3) is 21.5 Å². The molecule has 0 N–H and O–H groups in total. The maximum atomic E-state index is 15.1. The Morgan fingerprint density at radius 3 is 2.00 bits per heavy atom. The summed E-state index contributed by atoms with van der Waals surface area (Å²) in [6.07, 6.45) is 5.71. The molecular formula is C23H24F2. The lowest BCUT2D eigenvalue weighted by molar-refractivity contribution is 0.287. The molecule has 0 unspecified atom stereocenters. The van der Waals surface area contributed by atoms with E-state index in [-0.39, 0.29) is 11.6 Å². The zero-order valence-corrected chi connectivity index (χ0v) is 14.9. The smallest absolute Gasteiger partial charge is 0.134 e. The highest BCUT2D eigenvalue weighted by Crippen LogP contribution is 2.34. The zero-order valence-electron chi connectivity index (χ0n) is 14.9. The first-order chi connectivity index (χ1) is 12.0. The Labute approximate surface area is 147 Å². The molecule has 0 nitrogen and oxygen atoms in total. The molecule has 3 aromatic carbocycles. The predicted octanol–water partition coefficient (Wildman–Crippen LogP) is 6.95. The van der Waals surface area contributed by atoms with E-state index < -0.39 is 0 Å². The third kappa shape index (κ3) is 2.92. The summed E-state index contributed by atoms with van der Waals surface area (Å²) >= 11 is 0. The van der Waals surface area contributed by atoms with Crippen molar-refractivity contribution in [3.05, 3.63) is 59.2 Å². The molecule has 130 valence electrons. The Hall–Kier alpha value is -1.96. The van der Waals surface area contributed by atoms with Crippen molar-refractivity contribution in [2.45, 2.75) is 46.0 Å². The third-order valence-electron chi connectivity index (χ3n) is 5.98. The standard InChI is InChI=1S/C23H24F2/c1-14-3-6-16(7-4-14)13-17-8-10-19-18-9-5-15(2)22(24)20(18)11-12-21(19)23(17)25/h5,8-12,14,16H,3-4,6-7,13H2,1-2H3. The van der Waals surface area contributed by atoms with Crippen LogP contribution in [-0.4, -0.2) is 0 Å². The Morgan fingerprint density at radius 1 is 0.760 bits per heavy atom. The van der Waals surface area contributed by atoms with Gasteiger partial charge in [0, 0.05) is 10.8 Å². The number of rotatable bonds is 2. The van der Waals surface area contributed by atoms with E-state index in [4.69, 9.17) is 0 Å². The summed E-state index contributed by atoms with van der Waals surface area (Å²) in [4.78, 5) is 0. The van der Waals surface area contributed by atoms with Crippen LogP contribution in [0.5, 0.6) is 0 Å². The van der Waals surface area contributed by atoms with Gasteiger partial charge in [-0.1, -0.05) is 56.2 Å². The number of benzene rings is 3. The predicted molar refractivity (Wildman–Crippen MR) is 101 cm³/mol. The van der Waals surface area contributed by atoms with E-state index in [0.717, 1.165) is 28.7 Å². The maximum absolute atomic E-state index is 15.1. The Kier molecular flexibility index (Phi) is 4.23. The van der Waals surface area contributed by atoms with E-state index in [1.807, 2.05) is 18.2 Å². The summed E-state index contributed by atoms with van der Waals surface area (Å²) in [7, 11) is 0. The molecule has 4 rings (SSSR count). The maximum Gasteiger partial charge on any atom is 0.134 e.